The summed E-state index contributed by atoms with van der Waals surface area (Å²) in [5.41, 5.74) is 5.06. The maximum absolute atomic E-state index is 11.7. The van der Waals surface area contributed by atoms with Gasteiger partial charge in [0.2, 0.25) is 5.91 Å². The molecule has 0 spiro atoms. The van der Waals surface area contributed by atoms with Crippen molar-refractivity contribution in [1.82, 2.24) is 4.90 Å². The van der Waals surface area contributed by atoms with Crippen molar-refractivity contribution in [3.8, 4) is 6.07 Å². The van der Waals surface area contributed by atoms with Gasteiger partial charge >= 0.3 is 0 Å². The molecule has 2 aliphatic rings. The lowest BCUT2D eigenvalue weighted by molar-refractivity contribution is -0.132. The minimum atomic E-state index is -0.757. The van der Waals surface area contributed by atoms with Crippen molar-refractivity contribution < 1.29 is 4.79 Å². The molecule has 2 heterocycles. The van der Waals surface area contributed by atoms with E-state index in [9.17, 15) is 4.79 Å². The fraction of sp³-hybridized carbons (Fsp3) is 0.750. The van der Waals surface area contributed by atoms with Gasteiger partial charge in [0.25, 0.3) is 0 Å². The molecule has 0 radical (unpaired) electrons. The number of nitrogens with zero attached hydrogens (tertiary/aromatic N) is 2. The Bertz CT molecular complexity index is 296. The van der Waals surface area contributed by atoms with Crippen LogP contribution >= 0.6 is 11.8 Å². The second kappa shape index (κ2) is 2.63. The van der Waals surface area contributed by atoms with Crippen molar-refractivity contribution in [1.29, 1.82) is 5.26 Å². The van der Waals surface area contributed by atoms with Gasteiger partial charge in [-0.05, 0) is 6.92 Å². The monoisotopic (exact) mass is 197 g/mol. The lowest BCUT2D eigenvalue weighted by atomic mass is 10.0. The highest BCUT2D eigenvalue weighted by Gasteiger charge is 2.52. The van der Waals surface area contributed by atoms with Gasteiger partial charge in [-0.1, -0.05) is 0 Å². The normalized spacial score (nSPS) is 43.5. The van der Waals surface area contributed by atoms with Crippen LogP contribution in [0.15, 0.2) is 0 Å². The lowest BCUT2D eigenvalue weighted by Crippen LogP contribution is -2.47. The van der Waals surface area contributed by atoms with E-state index in [-0.39, 0.29) is 17.3 Å². The highest BCUT2D eigenvalue weighted by Crippen LogP contribution is 2.40. The maximum atomic E-state index is 11.7. The summed E-state index contributed by atoms with van der Waals surface area (Å²) in [7, 11) is 0. The number of rotatable bonds is 0. The molecule has 0 aromatic carbocycles. The van der Waals surface area contributed by atoms with Crippen LogP contribution in [0.2, 0.25) is 0 Å². The number of fused-ring (bicyclic) bond motifs is 1. The van der Waals surface area contributed by atoms with E-state index in [0.29, 0.717) is 6.42 Å². The second-order valence-electron chi connectivity index (χ2n) is 3.77. The second-order valence-corrected chi connectivity index (χ2v) is 4.98. The van der Waals surface area contributed by atoms with Crippen molar-refractivity contribution in [3.63, 3.8) is 0 Å². The number of hydrogen-bond acceptors (Lipinski definition) is 4. The first-order chi connectivity index (χ1) is 6.06. The molecule has 13 heavy (non-hydrogen) atoms. The average molecular weight is 197 g/mol. The molecule has 0 bridgehead atoms. The smallest absolute Gasteiger partial charge is 0.244 e. The first-order valence-corrected chi connectivity index (χ1v) is 5.24. The molecule has 3 unspecified atom stereocenters. The molecule has 0 aromatic rings. The maximum Gasteiger partial charge on any atom is 0.244 e. The van der Waals surface area contributed by atoms with E-state index in [2.05, 4.69) is 6.07 Å². The quantitative estimate of drug-likeness (QED) is 0.588. The number of carbonyl (C=O) groups is 1. The molecule has 4 nitrogen and oxygen atoms in total. The van der Waals surface area contributed by atoms with Crippen molar-refractivity contribution in [2.45, 2.75) is 30.3 Å². The van der Waals surface area contributed by atoms with E-state index >= 15 is 0 Å². The van der Waals surface area contributed by atoms with Gasteiger partial charge in [0.15, 0.2) is 0 Å². The largest absolute Gasteiger partial charge is 0.317 e. The number of nitrogens with two attached hydrogens (primary N) is 1. The van der Waals surface area contributed by atoms with Crippen LogP contribution in [0.4, 0.5) is 0 Å². The molecular formula is C8H11N3OS. The SMILES string of the molecule is CC1(N)CC2SCC(C#N)N2C1=O. The van der Waals surface area contributed by atoms with Crippen molar-refractivity contribution in [3.05, 3.63) is 0 Å². The van der Waals surface area contributed by atoms with E-state index in [0.717, 1.165) is 5.75 Å². The summed E-state index contributed by atoms with van der Waals surface area (Å²) >= 11 is 1.65. The van der Waals surface area contributed by atoms with Crippen molar-refractivity contribution >= 4 is 17.7 Å². The zero-order valence-electron chi connectivity index (χ0n) is 7.36. The average Bonchev–Trinajstić information content (AvgIpc) is 2.53. The summed E-state index contributed by atoms with van der Waals surface area (Å²) in [6.45, 7) is 1.74. The van der Waals surface area contributed by atoms with Gasteiger partial charge in [0, 0.05) is 12.2 Å². The molecule has 2 N–H and O–H groups in total. The summed E-state index contributed by atoms with van der Waals surface area (Å²) in [5.74, 6) is 0.650. The number of thioether (sulfide) groups is 1. The Balaban J connectivity index is 2.28. The van der Waals surface area contributed by atoms with Crippen molar-refractivity contribution in [2.75, 3.05) is 5.75 Å². The molecule has 3 atom stereocenters. The van der Waals surface area contributed by atoms with Gasteiger partial charge in [-0.2, -0.15) is 5.26 Å². The highest BCUT2D eigenvalue weighted by molar-refractivity contribution is 8.00. The molecule has 70 valence electrons. The molecule has 0 aromatic heterocycles. The minimum Gasteiger partial charge on any atom is -0.317 e. The van der Waals surface area contributed by atoms with Gasteiger partial charge < -0.3 is 10.6 Å². The van der Waals surface area contributed by atoms with Crippen LogP contribution in [-0.2, 0) is 4.79 Å². The van der Waals surface area contributed by atoms with E-state index < -0.39 is 5.54 Å². The summed E-state index contributed by atoms with van der Waals surface area (Å²) in [6, 6.07) is 1.86. The van der Waals surface area contributed by atoms with E-state index in [4.69, 9.17) is 11.0 Å². The molecule has 0 saturated carbocycles. The third-order valence-corrected chi connectivity index (χ3v) is 3.85. The van der Waals surface area contributed by atoms with Crippen LogP contribution in [0.25, 0.3) is 0 Å². The van der Waals surface area contributed by atoms with E-state index in [1.165, 1.54) is 0 Å². The Labute approximate surface area is 81.1 Å². The summed E-state index contributed by atoms with van der Waals surface area (Å²) in [6.07, 6.45) is 0.661. The van der Waals surface area contributed by atoms with Crippen LogP contribution in [0.3, 0.4) is 0 Å². The van der Waals surface area contributed by atoms with Crippen LogP contribution in [0.1, 0.15) is 13.3 Å². The Hall–Kier alpha value is -0.730. The zero-order valence-corrected chi connectivity index (χ0v) is 8.17. The molecule has 5 heteroatoms. The van der Waals surface area contributed by atoms with E-state index in [1.807, 2.05) is 0 Å². The third-order valence-electron chi connectivity index (χ3n) is 2.56. The van der Waals surface area contributed by atoms with Crippen LogP contribution in [-0.4, -0.2) is 33.5 Å². The fourth-order valence-corrected chi connectivity index (χ4v) is 3.34. The first kappa shape index (κ1) is 8.85. The van der Waals surface area contributed by atoms with Gasteiger partial charge in [0.1, 0.15) is 6.04 Å². The highest BCUT2D eigenvalue weighted by atomic mass is 32.2. The summed E-state index contributed by atoms with van der Waals surface area (Å²) in [4.78, 5) is 13.4. The fourth-order valence-electron chi connectivity index (χ4n) is 1.84. The Morgan fingerprint density at radius 3 is 3.15 bits per heavy atom. The molecule has 0 aliphatic carbocycles. The zero-order chi connectivity index (χ0) is 9.64. The summed E-state index contributed by atoms with van der Waals surface area (Å²) in [5, 5.41) is 8.93. The number of amides is 1. The predicted molar refractivity (Wildman–Crippen MR) is 49.7 cm³/mol. The molecule has 2 aliphatic heterocycles. The Morgan fingerprint density at radius 2 is 2.54 bits per heavy atom. The van der Waals surface area contributed by atoms with Gasteiger partial charge in [-0.3, -0.25) is 4.79 Å². The van der Waals surface area contributed by atoms with Crippen LogP contribution in [0, 0.1) is 11.3 Å². The van der Waals surface area contributed by atoms with Gasteiger partial charge in [0.05, 0.1) is 17.0 Å². The Morgan fingerprint density at radius 1 is 1.85 bits per heavy atom. The molecule has 2 rings (SSSR count). The first-order valence-electron chi connectivity index (χ1n) is 4.19. The molecule has 2 saturated heterocycles. The van der Waals surface area contributed by atoms with E-state index in [1.54, 1.807) is 23.6 Å². The molecular weight excluding hydrogens is 186 g/mol. The van der Waals surface area contributed by atoms with Crippen molar-refractivity contribution in [2.24, 2.45) is 5.73 Å². The molecule has 2 fully saturated rings. The number of nitriles is 1. The summed E-state index contributed by atoms with van der Waals surface area (Å²) < 4.78 is 0. The molecule has 1 amide bonds. The number of hydrogen-bond donors (Lipinski definition) is 1. The lowest BCUT2D eigenvalue weighted by Gasteiger charge is -2.19. The van der Waals surface area contributed by atoms with Gasteiger partial charge in [-0.25, -0.2) is 0 Å². The van der Waals surface area contributed by atoms with Crippen LogP contribution in [0.5, 0.6) is 0 Å². The number of carbonyl (C=O) groups excluding carboxylic acids is 1. The minimum absolute atomic E-state index is 0.0750. The third kappa shape index (κ3) is 1.13. The topological polar surface area (TPSA) is 70.1 Å². The van der Waals surface area contributed by atoms with Crippen LogP contribution < -0.4 is 5.73 Å². The standard InChI is InChI=1S/C8H11N3OS/c1-8(10)2-6-11(7(8)12)5(3-9)4-13-6/h5-6H,2,4,10H2,1H3. The predicted octanol–water partition coefficient (Wildman–Crippen LogP) is -0.0988. The Kier molecular flexibility index (Phi) is 1.79. The van der Waals surface area contributed by atoms with Gasteiger partial charge in [-0.15, -0.1) is 11.8 Å².